The monoisotopic (exact) mass is 400 g/mol. The second kappa shape index (κ2) is 8.22. The highest BCUT2D eigenvalue weighted by molar-refractivity contribution is 5.80. The zero-order valence-electron chi connectivity index (χ0n) is 18.4. The normalized spacial score (nSPS) is 19.5. The minimum absolute atomic E-state index is 0.0225. The van der Waals surface area contributed by atoms with Crippen LogP contribution in [0.5, 0.6) is 0 Å². The Morgan fingerprint density at radius 1 is 1.23 bits per heavy atom. The molecule has 3 nitrogen and oxygen atoms in total. The molecule has 1 saturated carbocycles. The van der Waals surface area contributed by atoms with Crippen LogP contribution in [0.25, 0.3) is 22.4 Å². The number of rotatable bonds is 5. The topological polar surface area (TPSA) is 34.9 Å². The van der Waals surface area contributed by atoms with Crippen molar-refractivity contribution in [3.63, 3.8) is 0 Å². The van der Waals surface area contributed by atoms with E-state index in [1.807, 2.05) is 30.3 Å². The molecular formula is C27H32N2O. The van der Waals surface area contributed by atoms with Crippen LogP contribution in [-0.2, 0) is 6.54 Å². The lowest BCUT2D eigenvalue weighted by molar-refractivity contribution is 0.180. The number of aromatic nitrogens is 2. The maximum Gasteiger partial charge on any atom is 0.206 e. The van der Waals surface area contributed by atoms with E-state index in [1.54, 1.807) is 6.07 Å². The third-order valence-electron chi connectivity index (χ3n) is 6.88. The van der Waals surface area contributed by atoms with Crippen LogP contribution in [0.1, 0.15) is 52.9 Å². The molecule has 156 valence electrons. The zero-order chi connectivity index (χ0) is 21.3. The largest absolute Gasteiger partial charge is 0.334 e. The predicted octanol–water partition coefficient (Wildman–Crippen LogP) is 6.61. The van der Waals surface area contributed by atoms with Gasteiger partial charge in [-0.15, -0.1) is 0 Å². The number of hydrogen-bond acceptors (Lipinski definition) is 2. The van der Waals surface area contributed by atoms with Crippen molar-refractivity contribution in [3.8, 4) is 11.4 Å². The Kier molecular flexibility index (Phi) is 5.64. The average molecular weight is 401 g/mol. The van der Waals surface area contributed by atoms with Crippen LogP contribution in [0.4, 0.5) is 0 Å². The number of allylic oxidation sites excluding steroid dienone is 3. The predicted molar refractivity (Wildman–Crippen MR) is 126 cm³/mol. The summed E-state index contributed by atoms with van der Waals surface area (Å²) in [5.74, 6) is 0.605. The molecule has 1 aromatic carbocycles. The molecule has 1 aliphatic heterocycles. The van der Waals surface area contributed by atoms with Crippen molar-refractivity contribution in [2.45, 2.75) is 59.4 Å². The standard InChI is InChI=1S/C27H32N2O/c1-19(14-15-21-20(2)9-8-17-27(21,3)4)16-18-29-23-11-6-5-10-22(23)28-26-24(29)12-7-13-25(26)30/h5-7,10-13,16,21H,2,8-9,14-15,17-18H2,1,3-4H3/b19-16+/t21-/m1/s1. The molecule has 0 saturated heterocycles. The van der Waals surface area contributed by atoms with Crippen molar-refractivity contribution < 1.29 is 0 Å². The van der Waals surface area contributed by atoms with Gasteiger partial charge < -0.3 is 4.57 Å². The summed E-state index contributed by atoms with van der Waals surface area (Å²) in [6.45, 7) is 12.1. The molecule has 1 atom stereocenters. The maximum absolute atomic E-state index is 12.4. The third kappa shape index (κ3) is 3.98. The van der Waals surface area contributed by atoms with Gasteiger partial charge in [0.25, 0.3) is 0 Å². The molecule has 30 heavy (non-hydrogen) atoms. The number of para-hydroxylation sites is 3. The molecule has 0 amide bonds. The lowest BCUT2D eigenvalue weighted by Crippen LogP contribution is -2.29. The molecule has 2 aliphatic carbocycles. The molecular weight excluding hydrogens is 368 g/mol. The van der Waals surface area contributed by atoms with Crippen molar-refractivity contribution in [1.29, 1.82) is 0 Å². The SMILES string of the molecule is C=C1CCCC(C)(C)[C@@H]1CC/C(C)=C/Cn1c2cccc(=O)c-2nc2ccccc21. The Labute approximate surface area is 179 Å². The first-order valence-corrected chi connectivity index (χ1v) is 11.1. The molecule has 0 spiro atoms. The number of benzene rings is 2. The highest BCUT2D eigenvalue weighted by atomic mass is 16.1. The summed E-state index contributed by atoms with van der Waals surface area (Å²) in [4.78, 5) is 17.0. The van der Waals surface area contributed by atoms with E-state index in [0.717, 1.165) is 29.7 Å². The van der Waals surface area contributed by atoms with Crippen molar-refractivity contribution in [2.75, 3.05) is 0 Å². The molecule has 0 N–H and O–H groups in total. The first kappa shape index (κ1) is 20.6. The van der Waals surface area contributed by atoms with Gasteiger partial charge in [-0.1, -0.05) is 55.8 Å². The van der Waals surface area contributed by atoms with Gasteiger partial charge in [-0.25, -0.2) is 4.98 Å². The fraction of sp³-hybridized carbons (Fsp3) is 0.407. The van der Waals surface area contributed by atoms with E-state index in [-0.39, 0.29) is 5.43 Å². The molecule has 0 aromatic heterocycles. The van der Waals surface area contributed by atoms with Crippen LogP contribution >= 0.6 is 0 Å². The molecule has 1 aromatic rings. The molecule has 0 bridgehead atoms. The molecule has 1 heterocycles. The van der Waals surface area contributed by atoms with Gasteiger partial charge in [0.1, 0.15) is 5.69 Å². The molecule has 4 rings (SSSR count). The Morgan fingerprint density at radius 2 is 2.03 bits per heavy atom. The van der Waals surface area contributed by atoms with E-state index in [0.29, 0.717) is 17.0 Å². The van der Waals surface area contributed by atoms with E-state index in [4.69, 9.17) is 0 Å². The summed E-state index contributed by atoms with van der Waals surface area (Å²) >= 11 is 0. The van der Waals surface area contributed by atoms with Crippen LogP contribution < -0.4 is 5.43 Å². The second-order valence-corrected chi connectivity index (χ2v) is 9.48. The van der Waals surface area contributed by atoms with Crippen LogP contribution in [0, 0.1) is 11.3 Å². The minimum atomic E-state index is -0.0225. The van der Waals surface area contributed by atoms with Gasteiger partial charge in [-0.05, 0) is 74.6 Å². The van der Waals surface area contributed by atoms with Crippen LogP contribution in [-0.4, -0.2) is 9.55 Å². The average Bonchev–Trinajstić information content (AvgIpc) is 2.71. The Morgan fingerprint density at radius 3 is 2.83 bits per heavy atom. The second-order valence-electron chi connectivity index (χ2n) is 9.48. The van der Waals surface area contributed by atoms with Crippen LogP contribution in [0.15, 0.2) is 71.1 Å². The van der Waals surface area contributed by atoms with Crippen molar-refractivity contribution in [3.05, 3.63) is 76.5 Å². The smallest absolute Gasteiger partial charge is 0.206 e. The van der Waals surface area contributed by atoms with Crippen molar-refractivity contribution >= 4 is 11.0 Å². The fourth-order valence-corrected chi connectivity index (χ4v) is 5.06. The number of hydrogen-bond donors (Lipinski definition) is 0. The third-order valence-corrected chi connectivity index (χ3v) is 6.88. The van der Waals surface area contributed by atoms with Gasteiger partial charge in [0.2, 0.25) is 5.43 Å². The number of nitrogens with zero attached hydrogens (tertiary/aromatic N) is 2. The molecule has 3 aliphatic rings. The summed E-state index contributed by atoms with van der Waals surface area (Å²) in [5, 5.41) is 0. The molecule has 0 unspecified atom stereocenters. The molecule has 0 radical (unpaired) electrons. The van der Waals surface area contributed by atoms with Crippen LogP contribution in [0.2, 0.25) is 0 Å². The summed E-state index contributed by atoms with van der Waals surface area (Å²) in [6, 6.07) is 13.5. The van der Waals surface area contributed by atoms with E-state index < -0.39 is 0 Å². The summed E-state index contributed by atoms with van der Waals surface area (Å²) < 4.78 is 2.21. The van der Waals surface area contributed by atoms with Gasteiger partial charge >= 0.3 is 0 Å². The van der Waals surface area contributed by atoms with Gasteiger partial charge in [0.15, 0.2) is 0 Å². The Hall–Kier alpha value is -2.68. The zero-order valence-corrected chi connectivity index (χ0v) is 18.4. The summed E-state index contributed by atoms with van der Waals surface area (Å²) in [5.41, 5.74) is 6.51. The first-order valence-electron chi connectivity index (χ1n) is 11.1. The Bertz CT molecular complexity index is 1140. The lowest BCUT2D eigenvalue weighted by Gasteiger charge is -2.40. The van der Waals surface area contributed by atoms with E-state index >= 15 is 0 Å². The lowest BCUT2D eigenvalue weighted by atomic mass is 9.65. The van der Waals surface area contributed by atoms with E-state index in [1.165, 1.54) is 36.8 Å². The van der Waals surface area contributed by atoms with E-state index in [9.17, 15) is 4.79 Å². The van der Waals surface area contributed by atoms with Crippen LogP contribution in [0.3, 0.4) is 0 Å². The molecule has 3 heteroatoms. The quantitative estimate of drug-likeness (QED) is 0.357. The van der Waals surface area contributed by atoms with E-state index in [2.05, 4.69) is 49.0 Å². The highest BCUT2D eigenvalue weighted by Crippen LogP contribution is 2.45. The Balaban J connectivity index is 1.59. The maximum atomic E-state index is 12.4. The highest BCUT2D eigenvalue weighted by Gasteiger charge is 2.33. The first-order chi connectivity index (χ1) is 14.4. The van der Waals surface area contributed by atoms with Gasteiger partial charge in [-0.3, -0.25) is 4.79 Å². The van der Waals surface area contributed by atoms with Crippen molar-refractivity contribution in [1.82, 2.24) is 9.55 Å². The van der Waals surface area contributed by atoms with Crippen molar-refractivity contribution in [2.24, 2.45) is 11.3 Å². The van der Waals surface area contributed by atoms with Gasteiger partial charge in [0.05, 0.1) is 16.7 Å². The summed E-state index contributed by atoms with van der Waals surface area (Å²) in [6.07, 6.45) is 8.31. The van der Waals surface area contributed by atoms with Gasteiger partial charge in [-0.2, -0.15) is 0 Å². The fourth-order valence-electron chi connectivity index (χ4n) is 5.06. The molecule has 1 fully saturated rings. The minimum Gasteiger partial charge on any atom is -0.334 e. The summed E-state index contributed by atoms with van der Waals surface area (Å²) in [7, 11) is 0. The van der Waals surface area contributed by atoms with Gasteiger partial charge in [0, 0.05) is 6.54 Å². The number of fused-ring (bicyclic) bond motifs is 2.